The second-order valence-electron chi connectivity index (χ2n) is 9.42. The molecule has 3 aromatic carbocycles. The van der Waals surface area contributed by atoms with Gasteiger partial charge in [-0.3, -0.25) is 14.5 Å². The van der Waals surface area contributed by atoms with Crippen LogP contribution in [0.5, 0.6) is 0 Å². The number of para-hydroxylation sites is 1. The fourth-order valence-electron chi connectivity index (χ4n) is 5.17. The molecule has 0 radical (unpaired) electrons. The molecular weight excluding hydrogens is 422 g/mol. The van der Waals surface area contributed by atoms with Crippen LogP contribution >= 0.6 is 0 Å². The summed E-state index contributed by atoms with van der Waals surface area (Å²) in [6.45, 7) is 6.89. The van der Waals surface area contributed by atoms with Gasteiger partial charge in [0.1, 0.15) is 0 Å². The van der Waals surface area contributed by atoms with Gasteiger partial charge in [-0.05, 0) is 99.3 Å². The molecular formula is C29H31N3O2. The molecule has 5 heteroatoms. The highest BCUT2D eigenvalue weighted by Crippen LogP contribution is 2.31. The van der Waals surface area contributed by atoms with Crippen molar-refractivity contribution in [2.75, 3.05) is 29.9 Å². The van der Waals surface area contributed by atoms with Crippen molar-refractivity contribution < 1.29 is 9.59 Å². The quantitative estimate of drug-likeness (QED) is 0.589. The molecule has 1 saturated heterocycles. The van der Waals surface area contributed by atoms with E-state index < -0.39 is 0 Å². The molecule has 0 spiro atoms. The van der Waals surface area contributed by atoms with Gasteiger partial charge in [-0.25, -0.2) is 0 Å². The molecule has 1 unspecified atom stereocenters. The second-order valence-corrected chi connectivity index (χ2v) is 9.42. The molecule has 0 aliphatic carbocycles. The Hall–Kier alpha value is -3.44. The Morgan fingerprint density at radius 3 is 2.38 bits per heavy atom. The lowest BCUT2D eigenvalue weighted by Gasteiger charge is -2.39. The minimum absolute atomic E-state index is 0.00347. The molecule has 0 aromatic heterocycles. The standard InChI is InChI=1S/C29H31N3O2/c1-20-8-7-10-26(21(20)2)28(33)30-24-14-12-22(13-15-24)29(34)32-19-25(31-16-5-6-17-31)18-23-9-3-4-11-27(23)32/h3-4,7-15,25H,5-6,16-19H2,1-2H3,(H,30,33). The van der Waals surface area contributed by atoms with Crippen LogP contribution in [0.2, 0.25) is 0 Å². The molecule has 1 N–H and O–H groups in total. The fourth-order valence-corrected chi connectivity index (χ4v) is 5.17. The van der Waals surface area contributed by atoms with Gasteiger partial charge in [-0.1, -0.05) is 30.3 Å². The van der Waals surface area contributed by atoms with Crippen molar-refractivity contribution in [3.05, 3.63) is 94.5 Å². The molecule has 5 rings (SSSR count). The van der Waals surface area contributed by atoms with E-state index in [-0.39, 0.29) is 11.8 Å². The number of hydrogen-bond acceptors (Lipinski definition) is 3. The van der Waals surface area contributed by atoms with Gasteiger partial charge < -0.3 is 10.2 Å². The zero-order chi connectivity index (χ0) is 23.7. The summed E-state index contributed by atoms with van der Waals surface area (Å²) < 4.78 is 0. The molecule has 2 amide bonds. The Bertz CT molecular complexity index is 1210. The molecule has 1 fully saturated rings. The van der Waals surface area contributed by atoms with E-state index in [9.17, 15) is 9.59 Å². The zero-order valence-electron chi connectivity index (χ0n) is 19.9. The summed E-state index contributed by atoms with van der Waals surface area (Å²) in [5, 5.41) is 2.96. The van der Waals surface area contributed by atoms with Crippen molar-refractivity contribution >= 4 is 23.2 Å². The molecule has 174 valence electrons. The number of nitrogens with zero attached hydrogens (tertiary/aromatic N) is 2. The van der Waals surface area contributed by atoms with E-state index in [0.717, 1.165) is 36.3 Å². The maximum atomic E-state index is 13.6. The summed E-state index contributed by atoms with van der Waals surface area (Å²) in [5.41, 5.74) is 6.27. The minimum atomic E-state index is -0.140. The SMILES string of the molecule is Cc1cccc(C(=O)Nc2ccc(C(=O)N3CC(N4CCCC4)Cc4ccccc43)cc2)c1C. The van der Waals surface area contributed by atoms with Crippen LogP contribution in [0.25, 0.3) is 0 Å². The Kier molecular flexibility index (Phi) is 6.20. The number of carbonyl (C=O) groups excluding carboxylic acids is 2. The van der Waals surface area contributed by atoms with Crippen molar-refractivity contribution in [1.29, 1.82) is 0 Å². The number of hydrogen-bond donors (Lipinski definition) is 1. The predicted octanol–water partition coefficient (Wildman–Crippen LogP) is 5.22. The Morgan fingerprint density at radius 1 is 0.882 bits per heavy atom. The maximum absolute atomic E-state index is 13.6. The number of rotatable bonds is 4. The van der Waals surface area contributed by atoms with Crippen LogP contribution in [-0.4, -0.2) is 42.4 Å². The molecule has 34 heavy (non-hydrogen) atoms. The number of amides is 2. The molecule has 0 saturated carbocycles. The largest absolute Gasteiger partial charge is 0.322 e. The van der Waals surface area contributed by atoms with E-state index >= 15 is 0 Å². The predicted molar refractivity (Wildman–Crippen MR) is 137 cm³/mol. The third-order valence-corrected chi connectivity index (χ3v) is 7.27. The van der Waals surface area contributed by atoms with Crippen LogP contribution in [0.4, 0.5) is 11.4 Å². The fraction of sp³-hybridized carbons (Fsp3) is 0.310. The van der Waals surface area contributed by atoms with Gasteiger partial charge in [-0.15, -0.1) is 0 Å². The first-order chi connectivity index (χ1) is 16.5. The van der Waals surface area contributed by atoms with E-state index in [1.165, 1.54) is 18.4 Å². The van der Waals surface area contributed by atoms with Crippen LogP contribution in [0, 0.1) is 13.8 Å². The number of nitrogens with one attached hydrogen (secondary N) is 1. The van der Waals surface area contributed by atoms with Crippen molar-refractivity contribution in [3.8, 4) is 0 Å². The highest BCUT2D eigenvalue weighted by atomic mass is 16.2. The minimum Gasteiger partial charge on any atom is -0.322 e. The summed E-state index contributed by atoms with van der Waals surface area (Å²) in [6.07, 6.45) is 3.46. The van der Waals surface area contributed by atoms with Crippen LogP contribution in [0.1, 0.15) is 50.2 Å². The topological polar surface area (TPSA) is 52.7 Å². The lowest BCUT2D eigenvalue weighted by atomic mass is 9.96. The Labute approximate surface area is 201 Å². The highest BCUT2D eigenvalue weighted by Gasteiger charge is 2.33. The first-order valence-electron chi connectivity index (χ1n) is 12.1. The number of aryl methyl sites for hydroxylation is 1. The maximum Gasteiger partial charge on any atom is 0.258 e. The van der Waals surface area contributed by atoms with Crippen LogP contribution in [-0.2, 0) is 6.42 Å². The van der Waals surface area contributed by atoms with Crippen molar-refractivity contribution in [1.82, 2.24) is 4.90 Å². The van der Waals surface area contributed by atoms with Gasteiger partial charge in [0.05, 0.1) is 0 Å². The molecule has 5 nitrogen and oxygen atoms in total. The molecule has 1 atom stereocenters. The number of anilines is 2. The summed E-state index contributed by atoms with van der Waals surface area (Å²) in [7, 11) is 0. The van der Waals surface area contributed by atoms with Gasteiger partial charge in [0.15, 0.2) is 0 Å². The summed E-state index contributed by atoms with van der Waals surface area (Å²) in [4.78, 5) is 30.8. The average Bonchev–Trinajstić information content (AvgIpc) is 3.40. The third kappa shape index (κ3) is 4.36. The van der Waals surface area contributed by atoms with Crippen molar-refractivity contribution in [2.45, 2.75) is 39.2 Å². The van der Waals surface area contributed by atoms with Crippen molar-refractivity contribution in [3.63, 3.8) is 0 Å². The van der Waals surface area contributed by atoms with E-state index in [0.29, 0.717) is 29.4 Å². The van der Waals surface area contributed by atoms with Gasteiger partial charge in [0.2, 0.25) is 0 Å². The number of likely N-dealkylation sites (tertiary alicyclic amines) is 1. The first-order valence-corrected chi connectivity index (χ1v) is 12.1. The number of carbonyl (C=O) groups is 2. The lowest BCUT2D eigenvalue weighted by molar-refractivity contribution is 0.0971. The highest BCUT2D eigenvalue weighted by molar-refractivity contribution is 6.08. The van der Waals surface area contributed by atoms with Crippen LogP contribution in [0.3, 0.4) is 0 Å². The zero-order valence-corrected chi connectivity index (χ0v) is 19.9. The van der Waals surface area contributed by atoms with Gasteiger partial charge >= 0.3 is 0 Å². The summed E-state index contributed by atoms with van der Waals surface area (Å²) in [5.74, 6) is -0.137. The summed E-state index contributed by atoms with van der Waals surface area (Å²) in [6, 6.07) is 21.6. The monoisotopic (exact) mass is 453 g/mol. The molecule has 2 aliphatic rings. The lowest BCUT2D eigenvalue weighted by Crippen LogP contribution is -2.49. The smallest absolute Gasteiger partial charge is 0.258 e. The van der Waals surface area contributed by atoms with E-state index in [1.807, 2.05) is 73.3 Å². The molecule has 2 heterocycles. The molecule has 2 aliphatic heterocycles. The van der Waals surface area contributed by atoms with Crippen LogP contribution < -0.4 is 10.2 Å². The molecule has 3 aromatic rings. The Balaban J connectivity index is 1.34. The number of fused-ring (bicyclic) bond motifs is 1. The van der Waals surface area contributed by atoms with E-state index in [1.54, 1.807) is 0 Å². The average molecular weight is 454 g/mol. The van der Waals surface area contributed by atoms with Crippen molar-refractivity contribution in [2.24, 2.45) is 0 Å². The normalized spacial score (nSPS) is 17.9. The summed E-state index contributed by atoms with van der Waals surface area (Å²) >= 11 is 0. The van der Waals surface area contributed by atoms with Gasteiger partial charge in [0.25, 0.3) is 11.8 Å². The van der Waals surface area contributed by atoms with Gasteiger partial charge in [-0.2, -0.15) is 0 Å². The third-order valence-electron chi connectivity index (χ3n) is 7.27. The molecule has 0 bridgehead atoms. The first kappa shape index (κ1) is 22.4. The number of benzene rings is 3. The Morgan fingerprint density at radius 2 is 1.62 bits per heavy atom. The van der Waals surface area contributed by atoms with E-state index in [4.69, 9.17) is 0 Å². The van der Waals surface area contributed by atoms with Gasteiger partial charge in [0, 0.05) is 35.1 Å². The van der Waals surface area contributed by atoms with Crippen LogP contribution in [0.15, 0.2) is 66.7 Å². The van der Waals surface area contributed by atoms with E-state index in [2.05, 4.69) is 22.3 Å². The second kappa shape index (κ2) is 9.43.